The molecule has 0 aliphatic heterocycles. The van der Waals surface area contributed by atoms with Gasteiger partial charge in [0.2, 0.25) is 0 Å². The van der Waals surface area contributed by atoms with E-state index >= 15 is 0 Å². The fraction of sp³-hybridized carbons (Fsp3) is 0.455. The summed E-state index contributed by atoms with van der Waals surface area (Å²) >= 11 is 0. The van der Waals surface area contributed by atoms with E-state index in [-0.39, 0.29) is 18.0 Å². The van der Waals surface area contributed by atoms with Crippen LogP contribution < -0.4 is 5.73 Å². The molecule has 9 heteroatoms. The number of rotatable bonds is 3. The molecule has 0 heterocycles. The van der Waals surface area contributed by atoms with Crippen molar-refractivity contribution < 1.29 is 30.7 Å². The first kappa shape index (κ1) is 19.0. The summed E-state index contributed by atoms with van der Waals surface area (Å²) in [6, 6.07) is 0.705. The zero-order valence-electron chi connectivity index (χ0n) is 9.85. The first-order chi connectivity index (χ1) is 8.50. The molecule has 0 aliphatic rings. The highest BCUT2D eigenvalue weighted by molar-refractivity contribution is 5.85. The molecule has 1 aromatic rings. The molecule has 0 unspecified atom stereocenters. The Morgan fingerprint density at radius 2 is 1.60 bits per heavy atom. The average Bonchev–Trinajstić information content (AvgIpc) is 2.24. The van der Waals surface area contributed by atoms with Crippen LogP contribution >= 0.6 is 12.4 Å². The molecule has 0 saturated heterocycles. The fourth-order valence-electron chi connectivity index (χ4n) is 1.48. The van der Waals surface area contributed by atoms with Crippen LogP contribution in [0.4, 0.5) is 30.7 Å². The van der Waals surface area contributed by atoms with Crippen molar-refractivity contribution in [2.24, 2.45) is 5.73 Å². The predicted octanol–water partition coefficient (Wildman–Crippen LogP) is 4.61. The molecule has 20 heavy (non-hydrogen) atoms. The number of hydrogen-bond donors (Lipinski definition) is 1. The van der Waals surface area contributed by atoms with Crippen LogP contribution in [-0.2, 0) is 6.18 Å². The zero-order chi connectivity index (χ0) is 14.8. The number of alkyl halides is 6. The Balaban J connectivity index is 0.00000361. The highest BCUT2D eigenvalue weighted by Crippen LogP contribution is 2.34. The molecule has 1 nitrogen and oxygen atoms in total. The third-order valence-electron chi connectivity index (χ3n) is 2.46. The average molecular weight is 326 g/mol. The second-order valence-corrected chi connectivity index (χ2v) is 4.00. The van der Waals surface area contributed by atoms with Crippen molar-refractivity contribution in [1.29, 1.82) is 0 Å². The lowest BCUT2D eigenvalue weighted by molar-refractivity contribution is -0.140. The summed E-state index contributed by atoms with van der Waals surface area (Å²) in [5.41, 5.74) is 3.66. The maximum atomic E-state index is 13.0. The molecule has 1 atom stereocenters. The van der Waals surface area contributed by atoms with Crippen molar-refractivity contribution >= 4 is 12.4 Å². The maximum Gasteiger partial charge on any atom is 0.419 e. The molecule has 0 aliphatic carbocycles. The van der Waals surface area contributed by atoms with Gasteiger partial charge in [0.25, 0.3) is 0 Å². The standard InChI is InChI=1S/C11H10F7N.ClH/c12-8-2-1-6(5-7(8)11(16,17)18)9(19)3-4-10(13,14)15;/h1-2,5,9H,3-4,19H2;1H/t9-;/m0./s1. The number of halogens is 8. The zero-order valence-corrected chi connectivity index (χ0v) is 10.7. The Kier molecular flexibility index (Phi) is 6.28. The molecule has 1 aromatic carbocycles. The molecular formula is C11H11ClF7N. The van der Waals surface area contributed by atoms with Crippen LogP contribution in [0, 0.1) is 5.82 Å². The number of benzene rings is 1. The molecule has 0 aromatic heterocycles. The van der Waals surface area contributed by atoms with Gasteiger partial charge < -0.3 is 5.73 Å². The first-order valence-electron chi connectivity index (χ1n) is 5.19. The Hall–Kier alpha value is -1.02. The quantitative estimate of drug-likeness (QED) is 0.807. The molecule has 1 rings (SSSR count). The van der Waals surface area contributed by atoms with E-state index in [2.05, 4.69) is 0 Å². The molecule has 0 spiro atoms. The van der Waals surface area contributed by atoms with Gasteiger partial charge in [0.1, 0.15) is 5.82 Å². The minimum absolute atomic E-state index is 0. The van der Waals surface area contributed by atoms with Gasteiger partial charge in [-0.3, -0.25) is 0 Å². The van der Waals surface area contributed by atoms with Crippen molar-refractivity contribution in [3.05, 3.63) is 35.1 Å². The lowest BCUT2D eigenvalue weighted by atomic mass is 10.00. The van der Waals surface area contributed by atoms with Crippen LogP contribution in [-0.4, -0.2) is 6.18 Å². The van der Waals surface area contributed by atoms with Gasteiger partial charge in [0, 0.05) is 12.5 Å². The molecule has 0 amide bonds. The van der Waals surface area contributed by atoms with Crippen molar-refractivity contribution in [2.45, 2.75) is 31.2 Å². The highest BCUT2D eigenvalue weighted by atomic mass is 35.5. The molecule has 116 valence electrons. The van der Waals surface area contributed by atoms with E-state index in [0.717, 1.165) is 6.07 Å². The lowest BCUT2D eigenvalue weighted by Gasteiger charge is -2.16. The van der Waals surface area contributed by atoms with Crippen molar-refractivity contribution in [3.63, 3.8) is 0 Å². The molecular weight excluding hydrogens is 315 g/mol. The molecule has 0 bridgehead atoms. The second-order valence-electron chi connectivity index (χ2n) is 4.00. The highest BCUT2D eigenvalue weighted by Gasteiger charge is 2.35. The Morgan fingerprint density at radius 1 is 1.05 bits per heavy atom. The smallest absolute Gasteiger partial charge is 0.324 e. The third-order valence-corrected chi connectivity index (χ3v) is 2.46. The summed E-state index contributed by atoms with van der Waals surface area (Å²) in [5.74, 6) is -1.49. The van der Waals surface area contributed by atoms with Gasteiger partial charge in [0.05, 0.1) is 5.56 Å². The van der Waals surface area contributed by atoms with Crippen molar-refractivity contribution in [3.8, 4) is 0 Å². The van der Waals surface area contributed by atoms with E-state index in [9.17, 15) is 30.7 Å². The van der Waals surface area contributed by atoms with E-state index in [1.165, 1.54) is 0 Å². The third kappa shape index (κ3) is 5.54. The van der Waals surface area contributed by atoms with E-state index in [4.69, 9.17) is 5.73 Å². The topological polar surface area (TPSA) is 26.0 Å². The number of hydrogen-bond acceptors (Lipinski definition) is 1. The second kappa shape index (κ2) is 6.62. The lowest BCUT2D eigenvalue weighted by Crippen LogP contribution is -2.17. The van der Waals surface area contributed by atoms with Gasteiger partial charge in [-0.1, -0.05) is 6.07 Å². The van der Waals surface area contributed by atoms with Crippen LogP contribution in [0.1, 0.15) is 30.0 Å². The SMILES string of the molecule is Cl.N[C@@H](CCC(F)(F)F)c1ccc(F)c(C(F)(F)F)c1. The van der Waals surface area contributed by atoms with Gasteiger partial charge in [-0.15, -0.1) is 12.4 Å². The van der Waals surface area contributed by atoms with Gasteiger partial charge in [-0.25, -0.2) is 4.39 Å². The van der Waals surface area contributed by atoms with Crippen LogP contribution in [0.25, 0.3) is 0 Å². The Labute approximate surface area is 116 Å². The van der Waals surface area contributed by atoms with E-state index < -0.39 is 42.6 Å². The van der Waals surface area contributed by atoms with Crippen LogP contribution in [0.3, 0.4) is 0 Å². The van der Waals surface area contributed by atoms with Crippen LogP contribution in [0.15, 0.2) is 18.2 Å². The van der Waals surface area contributed by atoms with Crippen molar-refractivity contribution in [1.82, 2.24) is 0 Å². The largest absolute Gasteiger partial charge is 0.419 e. The van der Waals surface area contributed by atoms with E-state index in [1.54, 1.807) is 0 Å². The minimum atomic E-state index is -4.91. The monoisotopic (exact) mass is 325 g/mol. The maximum absolute atomic E-state index is 13.0. The number of nitrogens with two attached hydrogens (primary N) is 1. The van der Waals surface area contributed by atoms with Crippen LogP contribution in [0.2, 0.25) is 0 Å². The van der Waals surface area contributed by atoms with Gasteiger partial charge >= 0.3 is 12.4 Å². The molecule has 0 saturated carbocycles. The van der Waals surface area contributed by atoms with Gasteiger partial charge in [0.15, 0.2) is 0 Å². The summed E-state index contributed by atoms with van der Waals surface area (Å²) in [6.07, 6.45) is -11.1. The normalized spacial score (nSPS) is 13.8. The first-order valence-corrected chi connectivity index (χ1v) is 5.19. The summed E-state index contributed by atoms with van der Waals surface area (Å²) in [5, 5.41) is 0. The molecule has 2 N–H and O–H groups in total. The summed E-state index contributed by atoms with van der Waals surface area (Å²) in [6.45, 7) is 0. The van der Waals surface area contributed by atoms with Crippen LogP contribution in [0.5, 0.6) is 0 Å². The van der Waals surface area contributed by atoms with Crippen molar-refractivity contribution in [2.75, 3.05) is 0 Å². The molecule has 0 fully saturated rings. The Morgan fingerprint density at radius 3 is 2.05 bits per heavy atom. The van der Waals surface area contributed by atoms with E-state index in [1.807, 2.05) is 0 Å². The Bertz CT molecular complexity index is 441. The predicted molar refractivity (Wildman–Crippen MR) is 60.9 cm³/mol. The summed E-state index contributed by atoms with van der Waals surface area (Å²) in [4.78, 5) is 0. The summed E-state index contributed by atoms with van der Waals surface area (Å²) in [7, 11) is 0. The molecule has 0 radical (unpaired) electrons. The van der Waals surface area contributed by atoms with Gasteiger partial charge in [-0.05, 0) is 24.1 Å². The van der Waals surface area contributed by atoms with E-state index in [0.29, 0.717) is 12.1 Å². The minimum Gasteiger partial charge on any atom is -0.324 e. The fourth-order valence-corrected chi connectivity index (χ4v) is 1.48. The van der Waals surface area contributed by atoms with Gasteiger partial charge in [-0.2, -0.15) is 26.3 Å². The summed E-state index contributed by atoms with van der Waals surface area (Å²) < 4.78 is 86.1.